The van der Waals surface area contributed by atoms with Gasteiger partial charge in [0.25, 0.3) is 0 Å². The van der Waals surface area contributed by atoms with Gasteiger partial charge in [-0.2, -0.15) is 0 Å². The lowest BCUT2D eigenvalue weighted by molar-refractivity contribution is -0.143. The summed E-state index contributed by atoms with van der Waals surface area (Å²) in [4.78, 5) is 11.4. The second-order valence-electron chi connectivity index (χ2n) is 5.33. The summed E-state index contributed by atoms with van der Waals surface area (Å²) in [7, 11) is 0. The van der Waals surface area contributed by atoms with Crippen LogP contribution in [-0.4, -0.2) is 11.1 Å². The van der Waals surface area contributed by atoms with E-state index in [0.29, 0.717) is 5.92 Å². The molecular formula is C15H20O2. The van der Waals surface area contributed by atoms with Crippen molar-refractivity contribution in [3.8, 4) is 0 Å². The molecule has 1 aliphatic carbocycles. The molecule has 2 heteroatoms. The molecule has 0 heterocycles. The summed E-state index contributed by atoms with van der Waals surface area (Å²) in [6.45, 7) is 4.30. The first-order chi connectivity index (χ1) is 8.09. The number of hydrogen-bond acceptors (Lipinski definition) is 1. The molecule has 0 aromatic heterocycles. The van der Waals surface area contributed by atoms with Crippen LogP contribution < -0.4 is 0 Å². The number of aryl methyl sites for hydroxylation is 1. The Bertz CT molecular complexity index is 411. The quantitative estimate of drug-likeness (QED) is 0.846. The second kappa shape index (κ2) is 4.91. The van der Waals surface area contributed by atoms with Crippen LogP contribution in [0.1, 0.15) is 43.2 Å². The Labute approximate surface area is 103 Å². The Morgan fingerprint density at radius 1 is 1.29 bits per heavy atom. The summed E-state index contributed by atoms with van der Waals surface area (Å²) < 4.78 is 0. The zero-order valence-electron chi connectivity index (χ0n) is 10.5. The smallest absolute Gasteiger partial charge is 0.307 e. The molecular weight excluding hydrogens is 212 g/mol. The molecule has 2 nitrogen and oxygen atoms in total. The maximum atomic E-state index is 11.4. The topological polar surface area (TPSA) is 37.3 Å². The van der Waals surface area contributed by atoms with Gasteiger partial charge in [-0.1, -0.05) is 31.2 Å². The molecule has 2 rings (SSSR count). The molecule has 0 amide bonds. The number of carboxylic acids is 1. The number of rotatable bonds is 2. The van der Waals surface area contributed by atoms with E-state index in [1.54, 1.807) is 0 Å². The molecule has 3 unspecified atom stereocenters. The SMILES string of the molecule is Cc1ccccc1C1CC(C)CCC1C(=O)O. The van der Waals surface area contributed by atoms with E-state index in [1.807, 2.05) is 12.1 Å². The lowest BCUT2D eigenvalue weighted by Gasteiger charge is -2.33. The molecule has 0 saturated heterocycles. The van der Waals surface area contributed by atoms with E-state index in [4.69, 9.17) is 0 Å². The van der Waals surface area contributed by atoms with Gasteiger partial charge in [0.15, 0.2) is 0 Å². The van der Waals surface area contributed by atoms with Crippen molar-refractivity contribution in [1.82, 2.24) is 0 Å². The van der Waals surface area contributed by atoms with Crippen molar-refractivity contribution in [2.45, 2.75) is 39.0 Å². The van der Waals surface area contributed by atoms with Gasteiger partial charge in [-0.3, -0.25) is 4.79 Å². The van der Waals surface area contributed by atoms with Crippen molar-refractivity contribution in [3.05, 3.63) is 35.4 Å². The largest absolute Gasteiger partial charge is 0.481 e. The highest BCUT2D eigenvalue weighted by Crippen LogP contribution is 2.41. The van der Waals surface area contributed by atoms with Crippen LogP contribution in [0, 0.1) is 18.8 Å². The highest BCUT2D eigenvalue weighted by molar-refractivity contribution is 5.71. The van der Waals surface area contributed by atoms with Crippen molar-refractivity contribution in [3.63, 3.8) is 0 Å². The Morgan fingerprint density at radius 3 is 2.65 bits per heavy atom. The van der Waals surface area contributed by atoms with E-state index < -0.39 is 5.97 Å². The number of benzene rings is 1. The molecule has 92 valence electrons. The van der Waals surface area contributed by atoms with Crippen LogP contribution in [0.5, 0.6) is 0 Å². The predicted octanol–water partition coefficient (Wildman–Crippen LogP) is 3.60. The molecule has 1 saturated carbocycles. The Hall–Kier alpha value is -1.31. The van der Waals surface area contributed by atoms with Crippen molar-refractivity contribution in [2.24, 2.45) is 11.8 Å². The van der Waals surface area contributed by atoms with E-state index in [2.05, 4.69) is 26.0 Å². The highest BCUT2D eigenvalue weighted by Gasteiger charge is 2.34. The standard InChI is InChI=1S/C15H20O2/c1-10-7-8-13(15(16)17)14(9-10)12-6-4-3-5-11(12)2/h3-6,10,13-14H,7-9H2,1-2H3,(H,16,17). The van der Waals surface area contributed by atoms with Crippen molar-refractivity contribution < 1.29 is 9.90 Å². The van der Waals surface area contributed by atoms with E-state index in [0.717, 1.165) is 19.3 Å². The van der Waals surface area contributed by atoms with Gasteiger partial charge >= 0.3 is 5.97 Å². The molecule has 0 aliphatic heterocycles. The monoisotopic (exact) mass is 232 g/mol. The molecule has 17 heavy (non-hydrogen) atoms. The van der Waals surface area contributed by atoms with Gasteiger partial charge in [0.1, 0.15) is 0 Å². The molecule has 0 spiro atoms. The van der Waals surface area contributed by atoms with Gasteiger partial charge in [-0.25, -0.2) is 0 Å². The van der Waals surface area contributed by atoms with Crippen molar-refractivity contribution in [2.75, 3.05) is 0 Å². The zero-order chi connectivity index (χ0) is 12.4. The Morgan fingerprint density at radius 2 is 2.00 bits per heavy atom. The minimum atomic E-state index is -0.634. The minimum absolute atomic E-state index is 0.192. The van der Waals surface area contributed by atoms with Crippen LogP contribution in [-0.2, 0) is 4.79 Å². The van der Waals surface area contributed by atoms with Gasteiger partial charge in [-0.15, -0.1) is 0 Å². The van der Waals surface area contributed by atoms with E-state index >= 15 is 0 Å². The second-order valence-corrected chi connectivity index (χ2v) is 5.33. The van der Waals surface area contributed by atoms with E-state index in [9.17, 15) is 9.90 Å². The summed E-state index contributed by atoms with van der Waals surface area (Å²) in [5, 5.41) is 9.35. The third-order valence-electron chi connectivity index (χ3n) is 4.02. The molecule has 1 aromatic carbocycles. The number of aliphatic carboxylic acids is 1. The Balaban J connectivity index is 2.32. The van der Waals surface area contributed by atoms with Crippen LogP contribution in [0.3, 0.4) is 0 Å². The predicted molar refractivity (Wildman–Crippen MR) is 68.1 cm³/mol. The zero-order valence-corrected chi connectivity index (χ0v) is 10.5. The summed E-state index contributed by atoms with van der Waals surface area (Å²) in [6, 6.07) is 8.20. The molecule has 3 atom stereocenters. The summed E-state index contributed by atoms with van der Waals surface area (Å²) in [5.74, 6) is -0.00916. The molecule has 1 aromatic rings. The van der Waals surface area contributed by atoms with Crippen LogP contribution in [0.15, 0.2) is 24.3 Å². The molecule has 0 bridgehead atoms. The lowest BCUT2D eigenvalue weighted by Crippen LogP contribution is -2.28. The summed E-state index contributed by atoms with van der Waals surface area (Å²) >= 11 is 0. The minimum Gasteiger partial charge on any atom is -0.481 e. The van der Waals surface area contributed by atoms with E-state index in [-0.39, 0.29) is 11.8 Å². The molecule has 1 aliphatic rings. The van der Waals surface area contributed by atoms with E-state index in [1.165, 1.54) is 11.1 Å². The maximum absolute atomic E-state index is 11.4. The number of carbonyl (C=O) groups is 1. The average molecular weight is 232 g/mol. The highest BCUT2D eigenvalue weighted by atomic mass is 16.4. The normalized spacial score (nSPS) is 28.9. The fraction of sp³-hybridized carbons (Fsp3) is 0.533. The third-order valence-corrected chi connectivity index (χ3v) is 4.02. The van der Waals surface area contributed by atoms with Gasteiger partial charge in [0.2, 0.25) is 0 Å². The van der Waals surface area contributed by atoms with Crippen LogP contribution in [0.2, 0.25) is 0 Å². The first kappa shape index (κ1) is 12.2. The first-order valence-corrected chi connectivity index (χ1v) is 6.38. The fourth-order valence-electron chi connectivity index (χ4n) is 3.02. The fourth-order valence-corrected chi connectivity index (χ4v) is 3.02. The van der Waals surface area contributed by atoms with Gasteiger partial charge in [0, 0.05) is 0 Å². The molecule has 1 N–H and O–H groups in total. The van der Waals surface area contributed by atoms with Crippen molar-refractivity contribution in [1.29, 1.82) is 0 Å². The third kappa shape index (κ3) is 2.51. The average Bonchev–Trinajstić information content (AvgIpc) is 2.29. The van der Waals surface area contributed by atoms with Gasteiger partial charge in [-0.05, 0) is 49.1 Å². The van der Waals surface area contributed by atoms with Crippen LogP contribution in [0.25, 0.3) is 0 Å². The Kier molecular flexibility index (Phi) is 3.51. The summed E-state index contributed by atoms with van der Waals surface area (Å²) in [5.41, 5.74) is 2.45. The van der Waals surface area contributed by atoms with Gasteiger partial charge < -0.3 is 5.11 Å². The number of hydrogen-bond donors (Lipinski definition) is 1. The van der Waals surface area contributed by atoms with Gasteiger partial charge in [0.05, 0.1) is 5.92 Å². The maximum Gasteiger partial charge on any atom is 0.307 e. The first-order valence-electron chi connectivity index (χ1n) is 6.38. The molecule has 1 fully saturated rings. The van der Waals surface area contributed by atoms with Crippen LogP contribution >= 0.6 is 0 Å². The van der Waals surface area contributed by atoms with Crippen molar-refractivity contribution >= 4 is 5.97 Å². The summed E-state index contributed by atoms with van der Waals surface area (Å²) in [6.07, 6.45) is 2.86. The lowest BCUT2D eigenvalue weighted by atomic mass is 9.71. The molecule has 0 radical (unpaired) electrons. The van der Waals surface area contributed by atoms with Crippen LogP contribution in [0.4, 0.5) is 0 Å². The number of carboxylic acid groups (broad SMARTS) is 1.